The topological polar surface area (TPSA) is 91.5 Å². The average molecular weight is 310 g/mol. The van der Waals surface area contributed by atoms with Crippen molar-refractivity contribution in [2.24, 2.45) is 5.41 Å². The van der Waals surface area contributed by atoms with Gasteiger partial charge in [-0.1, -0.05) is 0 Å². The van der Waals surface area contributed by atoms with Crippen LogP contribution < -0.4 is 5.73 Å². The molecule has 114 valence electrons. The maximum absolute atomic E-state index is 11.6. The summed E-state index contributed by atoms with van der Waals surface area (Å²) in [6.07, 6.45) is 3.93. The summed E-state index contributed by atoms with van der Waals surface area (Å²) in [5.41, 5.74) is 6.58. The van der Waals surface area contributed by atoms with Gasteiger partial charge in [0.15, 0.2) is 0 Å². The molecular weight excluding hydrogens is 292 g/mol. The molecule has 1 aromatic rings. The fourth-order valence-electron chi connectivity index (χ4n) is 2.01. The van der Waals surface area contributed by atoms with Crippen LogP contribution >= 0.6 is 11.8 Å². The molecule has 0 amide bonds. The smallest absolute Gasteiger partial charge is 0.340 e. The summed E-state index contributed by atoms with van der Waals surface area (Å²) < 4.78 is 9.40. The van der Waals surface area contributed by atoms with E-state index < -0.39 is 5.97 Å². The Kier molecular flexibility index (Phi) is 4.72. The molecule has 0 unspecified atom stereocenters. The largest absolute Gasteiger partial charge is 0.469 e. The van der Waals surface area contributed by atoms with Gasteiger partial charge in [0.1, 0.15) is 5.03 Å². The Morgan fingerprint density at radius 3 is 2.67 bits per heavy atom. The minimum atomic E-state index is -0.479. The van der Waals surface area contributed by atoms with Crippen LogP contribution in [0.4, 0.5) is 5.69 Å². The third-order valence-corrected chi connectivity index (χ3v) is 4.93. The molecule has 21 heavy (non-hydrogen) atoms. The number of pyridine rings is 1. The lowest BCUT2D eigenvalue weighted by atomic mass is 10.1. The van der Waals surface area contributed by atoms with Gasteiger partial charge in [0.05, 0.1) is 31.9 Å². The van der Waals surface area contributed by atoms with Crippen molar-refractivity contribution in [2.45, 2.75) is 24.3 Å². The number of esters is 2. The first-order valence-corrected chi connectivity index (χ1v) is 7.52. The number of rotatable bonds is 6. The number of nitrogens with two attached hydrogens (primary N) is 1. The Labute approximate surface area is 127 Å². The molecule has 1 aromatic heterocycles. The molecule has 0 bridgehead atoms. The molecule has 1 saturated carbocycles. The number of hydrogen-bond acceptors (Lipinski definition) is 7. The normalized spacial score (nSPS) is 15.3. The van der Waals surface area contributed by atoms with E-state index in [-0.39, 0.29) is 11.4 Å². The Morgan fingerprint density at radius 2 is 2.10 bits per heavy atom. The average Bonchev–Trinajstić information content (AvgIpc) is 3.25. The van der Waals surface area contributed by atoms with Gasteiger partial charge in [0.2, 0.25) is 0 Å². The van der Waals surface area contributed by atoms with Crippen LogP contribution in [0.5, 0.6) is 0 Å². The number of anilines is 1. The van der Waals surface area contributed by atoms with Crippen LogP contribution in [0.2, 0.25) is 0 Å². The first-order chi connectivity index (χ1) is 10.0. The third kappa shape index (κ3) is 3.66. The molecule has 1 aliphatic carbocycles. The number of thioether (sulfide) groups is 1. The van der Waals surface area contributed by atoms with Crippen molar-refractivity contribution in [3.05, 3.63) is 17.8 Å². The van der Waals surface area contributed by atoms with E-state index in [0.29, 0.717) is 22.7 Å². The lowest BCUT2D eigenvalue weighted by molar-refractivity contribution is -0.141. The van der Waals surface area contributed by atoms with Gasteiger partial charge in [-0.25, -0.2) is 9.78 Å². The maximum Gasteiger partial charge on any atom is 0.340 e. The van der Waals surface area contributed by atoms with Gasteiger partial charge >= 0.3 is 11.9 Å². The van der Waals surface area contributed by atoms with Crippen LogP contribution in [0.15, 0.2) is 17.3 Å². The first kappa shape index (κ1) is 15.6. The second kappa shape index (κ2) is 6.34. The maximum atomic E-state index is 11.6. The molecule has 0 aliphatic heterocycles. The molecule has 1 heterocycles. The Balaban J connectivity index is 2.04. The van der Waals surface area contributed by atoms with Gasteiger partial charge in [-0.3, -0.25) is 4.79 Å². The number of aromatic nitrogens is 1. The second-order valence-corrected chi connectivity index (χ2v) is 6.07. The zero-order valence-corrected chi connectivity index (χ0v) is 12.9. The van der Waals surface area contributed by atoms with Gasteiger partial charge in [0, 0.05) is 11.9 Å². The molecule has 1 aliphatic rings. The fraction of sp³-hybridized carbons (Fsp3) is 0.500. The number of carbonyl (C=O) groups is 2. The summed E-state index contributed by atoms with van der Waals surface area (Å²) in [6, 6.07) is 1.53. The van der Waals surface area contributed by atoms with Crippen molar-refractivity contribution in [3.63, 3.8) is 0 Å². The van der Waals surface area contributed by atoms with E-state index in [2.05, 4.69) is 9.72 Å². The predicted octanol–water partition coefficient (Wildman–Crippen LogP) is 1.89. The number of nitrogens with zero attached hydrogens (tertiary/aromatic N) is 1. The van der Waals surface area contributed by atoms with Crippen molar-refractivity contribution in [3.8, 4) is 0 Å². The SMILES string of the molecule is COC(=O)CC1(CSc2nccc(C(=O)OC)c2N)CC1. The van der Waals surface area contributed by atoms with Gasteiger partial charge in [-0.05, 0) is 24.3 Å². The number of hydrogen-bond donors (Lipinski definition) is 1. The highest BCUT2D eigenvalue weighted by molar-refractivity contribution is 7.99. The molecule has 0 saturated heterocycles. The summed E-state index contributed by atoms with van der Waals surface area (Å²) >= 11 is 1.46. The van der Waals surface area contributed by atoms with Crippen molar-refractivity contribution in [1.29, 1.82) is 0 Å². The number of methoxy groups -OCH3 is 2. The Hall–Kier alpha value is -1.76. The lowest BCUT2D eigenvalue weighted by Crippen LogP contribution is -2.13. The van der Waals surface area contributed by atoms with E-state index in [9.17, 15) is 9.59 Å². The summed E-state index contributed by atoms with van der Waals surface area (Å²) in [5.74, 6) is 0.0500. The molecule has 2 N–H and O–H groups in total. The van der Waals surface area contributed by atoms with Gasteiger partial charge in [0.25, 0.3) is 0 Å². The third-order valence-electron chi connectivity index (χ3n) is 3.58. The summed E-state index contributed by atoms with van der Waals surface area (Å²) in [4.78, 5) is 27.2. The Bertz CT molecular complexity index is 558. The molecule has 1 fully saturated rings. The van der Waals surface area contributed by atoms with Gasteiger partial charge < -0.3 is 15.2 Å². The minimum Gasteiger partial charge on any atom is -0.469 e. The van der Waals surface area contributed by atoms with Crippen LogP contribution in [0.25, 0.3) is 0 Å². The molecule has 7 heteroatoms. The van der Waals surface area contributed by atoms with Crippen LogP contribution in [0.1, 0.15) is 29.6 Å². The van der Waals surface area contributed by atoms with E-state index in [1.807, 2.05) is 0 Å². The van der Waals surface area contributed by atoms with Gasteiger partial charge in [-0.2, -0.15) is 0 Å². The van der Waals surface area contributed by atoms with Gasteiger partial charge in [-0.15, -0.1) is 11.8 Å². The zero-order chi connectivity index (χ0) is 15.5. The molecule has 0 aromatic carbocycles. The number of ether oxygens (including phenoxy) is 2. The lowest BCUT2D eigenvalue weighted by Gasteiger charge is -2.14. The van der Waals surface area contributed by atoms with Crippen LogP contribution in [-0.2, 0) is 14.3 Å². The molecule has 0 spiro atoms. The van der Waals surface area contributed by atoms with E-state index in [1.165, 1.54) is 38.2 Å². The second-order valence-electron chi connectivity index (χ2n) is 5.11. The van der Waals surface area contributed by atoms with Crippen molar-refractivity contribution in [1.82, 2.24) is 4.98 Å². The van der Waals surface area contributed by atoms with E-state index in [4.69, 9.17) is 10.5 Å². The highest BCUT2D eigenvalue weighted by Crippen LogP contribution is 2.52. The van der Waals surface area contributed by atoms with Crippen LogP contribution in [-0.4, -0.2) is 36.9 Å². The standard InChI is InChI=1S/C14H18N2O4S/c1-19-10(17)7-14(4-5-14)8-21-12-11(15)9(3-6-16-12)13(18)20-2/h3,6H,4-5,7-8,15H2,1-2H3. The monoisotopic (exact) mass is 310 g/mol. The highest BCUT2D eigenvalue weighted by Gasteiger charge is 2.44. The first-order valence-electron chi connectivity index (χ1n) is 6.54. The molecular formula is C14H18N2O4S. The van der Waals surface area contributed by atoms with Crippen molar-refractivity contribution < 1.29 is 19.1 Å². The van der Waals surface area contributed by atoms with Crippen molar-refractivity contribution >= 4 is 29.4 Å². The number of carbonyl (C=O) groups excluding carboxylic acids is 2. The quantitative estimate of drug-likeness (QED) is 0.633. The molecule has 6 nitrogen and oxygen atoms in total. The highest BCUT2D eigenvalue weighted by atomic mass is 32.2. The molecule has 2 rings (SSSR count). The Morgan fingerprint density at radius 1 is 1.38 bits per heavy atom. The number of nitrogen functional groups attached to an aromatic ring is 1. The molecule has 0 atom stereocenters. The van der Waals surface area contributed by atoms with Crippen LogP contribution in [0.3, 0.4) is 0 Å². The fourth-order valence-corrected chi connectivity index (χ4v) is 3.24. The molecule has 0 radical (unpaired) electrons. The summed E-state index contributed by atoms with van der Waals surface area (Å²) in [5, 5.41) is 0.592. The van der Waals surface area contributed by atoms with Crippen molar-refractivity contribution in [2.75, 3.05) is 25.7 Å². The van der Waals surface area contributed by atoms with E-state index >= 15 is 0 Å². The summed E-state index contributed by atoms with van der Waals surface area (Å²) in [6.45, 7) is 0. The zero-order valence-electron chi connectivity index (χ0n) is 12.0. The summed E-state index contributed by atoms with van der Waals surface area (Å²) in [7, 11) is 2.70. The minimum absolute atomic E-state index is 0.0207. The van der Waals surface area contributed by atoms with Crippen LogP contribution in [0, 0.1) is 5.41 Å². The predicted molar refractivity (Wildman–Crippen MR) is 79.0 cm³/mol. The van der Waals surface area contributed by atoms with E-state index in [0.717, 1.165) is 18.6 Å². The van der Waals surface area contributed by atoms with E-state index in [1.54, 1.807) is 0 Å².